The molecule has 0 atom stereocenters. The Balaban J connectivity index is 2.26. The van der Waals surface area contributed by atoms with E-state index in [2.05, 4.69) is 4.74 Å². The maximum atomic E-state index is 12.9. The second-order valence-electron chi connectivity index (χ2n) is 7.98. The van der Waals surface area contributed by atoms with Gasteiger partial charge in [-0.15, -0.1) is 13.2 Å². The maximum Gasteiger partial charge on any atom is 0.573 e. The van der Waals surface area contributed by atoms with Crippen molar-refractivity contribution in [3.05, 3.63) is 52.0 Å². The summed E-state index contributed by atoms with van der Waals surface area (Å²) in [5.74, 6) is -0.413. The van der Waals surface area contributed by atoms with Crippen molar-refractivity contribution < 1.29 is 27.4 Å². The maximum absolute atomic E-state index is 12.9. The number of ether oxygens (including phenoxy) is 2. The lowest BCUT2D eigenvalue weighted by Gasteiger charge is -2.42. The van der Waals surface area contributed by atoms with Gasteiger partial charge in [-0.3, -0.25) is 4.79 Å². The summed E-state index contributed by atoms with van der Waals surface area (Å²) < 4.78 is 48.8. The Morgan fingerprint density at radius 3 is 2.36 bits per heavy atom. The molecule has 3 nitrogen and oxygen atoms in total. The van der Waals surface area contributed by atoms with Crippen molar-refractivity contribution in [1.82, 2.24) is 0 Å². The fourth-order valence-electron chi connectivity index (χ4n) is 3.40. The Labute approximate surface area is 166 Å². The molecule has 0 unspecified atom stereocenters. The molecule has 1 heterocycles. The van der Waals surface area contributed by atoms with Gasteiger partial charge < -0.3 is 9.47 Å². The van der Waals surface area contributed by atoms with Crippen molar-refractivity contribution in [2.24, 2.45) is 0 Å². The lowest BCUT2D eigenvalue weighted by atomic mass is 9.74. The smallest absolute Gasteiger partial charge is 0.405 e. The molecule has 0 N–H and O–H groups in total. The molecule has 0 fully saturated rings. The first kappa shape index (κ1) is 20.7. The molecule has 0 aliphatic carbocycles. The SMILES string of the molecule is CC1(C)COC(C)(C)c2cc(Cl)c(-c3cc(C=O)ccc3OC(F)(F)F)cc21. The van der Waals surface area contributed by atoms with E-state index in [4.69, 9.17) is 16.3 Å². The summed E-state index contributed by atoms with van der Waals surface area (Å²) in [4.78, 5) is 11.2. The van der Waals surface area contributed by atoms with E-state index in [9.17, 15) is 18.0 Å². The van der Waals surface area contributed by atoms with Crippen LogP contribution in [0.25, 0.3) is 11.1 Å². The zero-order chi connectivity index (χ0) is 20.9. The highest BCUT2D eigenvalue weighted by atomic mass is 35.5. The van der Waals surface area contributed by atoms with Crippen LogP contribution >= 0.6 is 11.6 Å². The van der Waals surface area contributed by atoms with Crippen molar-refractivity contribution in [3.8, 4) is 16.9 Å². The van der Waals surface area contributed by atoms with Crippen LogP contribution in [0.5, 0.6) is 5.75 Å². The van der Waals surface area contributed by atoms with Crippen LogP contribution in [0, 0.1) is 0 Å². The number of aldehydes is 1. The third-order valence-electron chi connectivity index (χ3n) is 4.93. The highest BCUT2D eigenvalue weighted by molar-refractivity contribution is 6.33. The van der Waals surface area contributed by atoms with Gasteiger partial charge in [-0.2, -0.15) is 0 Å². The van der Waals surface area contributed by atoms with Crippen molar-refractivity contribution in [1.29, 1.82) is 0 Å². The van der Waals surface area contributed by atoms with Crippen LogP contribution in [0.15, 0.2) is 30.3 Å². The van der Waals surface area contributed by atoms with Gasteiger partial charge in [0, 0.05) is 27.1 Å². The van der Waals surface area contributed by atoms with Gasteiger partial charge in [0.25, 0.3) is 0 Å². The van der Waals surface area contributed by atoms with Gasteiger partial charge in [0.15, 0.2) is 0 Å². The van der Waals surface area contributed by atoms with E-state index in [1.807, 2.05) is 27.7 Å². The normalized spacial score (nSPS) is 17.7. The van der Waals surface area contributed by atoms with Crippen molar-refractivity contribution in [2.45, 2.75) is 45.1 Å². The average Bonchev–Trinajstić information content (AvgIpc) is 2.58. The van der Waals surface area contributed by atoms with E-state index in [1.165, 1.54) is 12.1 Å². The van der Waals surface area contributed by atoms with Gasteiger partial charge in [-0.1, -0.05) is 25.4 Å². The van der Waals surface area contributed by atoms with Gasteiger partial charge in [0.05, 0.1) is 12.2 Å². The molecule has 0 saturated heterocycles. The molecule has 150 valence electrons. The largest absolute Gasteiger partial charge is 0.573 e. The molecule has 0 bridgehead atoms. The average molecular weight is 413 g/mol. The molecule has 1 aliphatic rings. The second kappa shape index (κ2) is 6.78. The lowest BCUT2D eigenvalue weighted by Crippen LogP contribution is -2.39. The van der Waals surface area contributed by atoms with Crippen LogP contribution in [0.2, 0.25) is 5.02 Å². The fraction of sp³-hybridized carbons (Fsp3) is 0.381. The third-order valence-corrected chi connectivity index (χ3v) is 5.25. The summed E-state index contributed by atoms with van der Waals surface area (Å²) in [6.07, 6.45) is -4.30. The Hall–Kier alpha value is -2.05. The molecule has 0 spiro atoms. The zero-order valence-corrected chi connectivity index (χ0v) is 16.7. The van der Waals surface area contributed by atoms with Crippen LogP contribution < -0.4 is 4.74 Å². The molecular weight excluding hydrogens is 393 g/mol. The molecule has 0 radical (unpaired) electrons. The molecule has 28 heavy (non-hydrogen) atoms. The standard InChI is InChI=1S/C21H20ClF3O3/c1-19(2)11-27-20(3,4)16-9-17(22)13(8-15(16)19)14-7-12(10-26)5-6-18(14)28-21(23,24)25/h5-10H,11H2,1-4H3. The van der Waals surface area contributed by atoms with Gasteiger partial charge in [0.1, 0.15) is 12.0 Å². The number of alkyl halides is 3. The van der Waals surface area contributed by atoms with Crippen LogP contribution in [0.3, 0.4) is 0 Å². The first-order valence-corrected chi connectivity index (χ1v) is 9.06. The number of hydrogen-bond acceptors (Lipinski definition) is 3. The summed E-state index contributed by atoms with van der Waals surface area (Å²) in [7, 11) is 0. The minimum Gasteiger partial charge on any atom is -0.405 e. The Bertz CT molecular complexity index is 933. The van der Waals surface area contributed by atoms with Crippen molar-refractivity contribution in [3.63, 3.8) is 0 Å². The molecule has 3 rings (SSSR count). The molecule has 1 aliphatic heterocycles. The van der Waals surface area contributed by atoms with E-state index >= 15 is 0 Å². The molecule has 0 aromatic heterocycles. The number of carbonyl (C=O) groups is 1. The summed E-state index contributed by atoms with van der Waals surface area (Å²) in [6, 6.07) is 7.23. The van der Waals surface area contributed by atoms with Crippen molar-refractivity contribution in [2.75, 3.05) is 6.61 Å². The van der Waals surface area contributed by atoms with Gasteiger partial charge >= 0.3 is 6.36 Å². The van der Waals surface area contributed by atoms with E-state index in [0.717, 1.165) is 17.2 Å². The Morgan fingerprint density at radius 1 is 1.07 bits per heavy atom. The molecule has 0 amide bonds. The third kappa shape index (κ3) is 3.89. The van der Waals surface area contributed by atoms with Crippen molar-refractivity contribution >= 4 is 17.9 Å². The number of rotatable bonds is 3. The number of fused-ring (bicyclic) bond motifs is 1. The lowest BCUT2D eigenvalue weighted by molar-refractivity contribution is -0.274. The molecule has 7 heteroatoms. The minimum atomic E-state index is -4.87. The van der Waals surface area contributed by atoms with Gasteiger partial charge in [0.2, 0.25) is 0 Å². The second-order valence-corrected chi connectivity index (χ2v) is 8.39. The minimum absolute atomic E-state index is 0.106. The van der Waals surface area contributed by atoms with Crippen LogP contribution in [-0.2, 0) is 15.8 Å². The molecule has 2 aromatic carbocycles. The van der Waals surface area contributed by atoms with Gasteiger partial charge in [-0.25, -0.2) is 0 Å². The van der Waals surface area contributed by atoms with E-state index in [0.29, 0.717) is 18.5 Å². The summed E-state index contributed by atoms with van der Waals surface area (Å²) in [5.41, 5.74) is 1.56. The Morgan fingerprint density at radius 2 is 1.75 bits per heavy atom. The van der Waals surface area contributed by atoms with Gasteiger partial charge in [-0.05, 0) is 55.3 Å². The highest BCUT2D eigenvalue weighted by Gasteiger charge is 2.39. The Kier molecular flexibility index (Phi) is 5.01. The summed E-state index contributed by atoms with van der Waals surface area (Å²) in [6.45, 7) is 8.28. The fourth-order valence-corrected chi connectivity index (χ4v) is 3.66. The first-order chi connectivity index (χ1) is 12.8. The quantitative estimate of drug-likeness (QED) is 0.558. The number of carbonyl (C=O) groups excluding carboxylic acids is 1. The topological polar surface area (TPSA) is 35.5 Å². The first-order valence-electron chi connectivity index (χ1n) is 8.68. The summed E-state index contributed by atoms with van der Waals surface area (Å²) in [5, 5.41) is 0.253. The monoisotopic (exact) mass is 412 g/mol. The molecule has 0 saturated carbocycles. The molecular formula is C21H20ClF3O3. The number of hydrogen-bond donors (Lipinski definition) is 0. The van der Waals surface area contributed by atoms with Crippen LogP contribution in [0.4, 0.5) is 13.2 Å². The highest BCUT2D eigenvalue weighted by Crippen LogP contribution is 2.46. The van der Waals surface area contributed by atoms with E-state index in [1.54, 1.807) is 12.1 Å². The number of halogens is 4. The predicted molar refractivity (Wildman–Crippen MR) is 101 cm³/mol. The summed E-state index contributed by atoms with van der Waals surface area (Å²) >= 11 is 6.47. The van der Waals surface area contributed by atoms with Crippen LogP contribution in [-0.4, -0.2) is 19.3 Å². The van der Waals surface area contributed by atoms with Crippen LogP contribution in [0.1, 0.15) is 49.2 Å². The zero-order valence-electron chi connectivity index (χ0n) is 15.9. The molecule has 2 aromatic rings. The van der Waals surface area contributed by atoms with E-state index in [-0.39, 0.29) is 21.6 Å². The predicted octanol–water partition coefficient (Wildman–Crippen LogP) is 6.26. The number of benzene rings is 2. The van der Waals surface area contributed by atoms with E-state index < -0.39 is 17.7 Å².